The van der Waals surface area contributed by atoms with Crippen LogP contribution in [0.15, 0.2) is 0 Å². The average Bonchev–Trinajstić information content (AvgIpc) is 3.23. The van der Waals surface area contributed by atoms with E-state index in [1.807, 2.05) is 9.80 Å². The van der Waals surface area contributed by atoms with E-state index >= 15 is 0 Å². The first kappa shape index (κ1) is 13.9. The number of carbonyl (C=O) groups excluding carboxylic acids is 2. The molecule has 3 aliphatic rings. The van der Waals surface area contributed by atoms with Crippen LogP contribution in [0.5, 0.6) is 0 Å². The summed E-state index contributed by atoms with van der Waals surface area (Å²) >= 11 is 0. The standard InChI is InChI=1S/C15H24N2O3/c18-10-13-4-2-8-17(13)15(20)12-3-1-7-16(9-12)14(19)11-5-6-11/h11-13,18H,1-10H2. The summed E-state index contributed by atoms with van der Waals surface area (Å²) in [5.74, 6) is 0.580. The van der Waals surface area contributed by atoms with Crippen molar-refractivity contribution in [3.8, 4) is 0 Å². The molecule has 2 unspecified atom stereocenters. The van der Waals surface area contributed by atoms with E-state index < -0.39 is 0 Å². The molecule has 0 aromatic carbocycles. The van der Waals surface area contributed by atoms with Crippen LogP contribution < -0.4 is 0 Å². The topological polar surface area (TPSA) is 60.9 Å². The van der Waals surface area contributed by atoms with Crippen molar-refractivity contribution in [1.82, 2.24) is 9.80 Å². The maximum Gasteiger partial charge on any atom is 0.227 e. The second kappa shape index (κ2) is 5.72. The molecule has 1 N–H and O–H groups in total. The highest BCUT2D eigenvalue weighted by molar-refractivity contribution is 5.83. The van der Waals surface area contributed by atoms with Crippen LogP contribution in [0.3, 0.4) is 0 Å². The van der Waals surface area contributed by atoms with Gasteiger partial charge >= 0.3 is 0 Å². The summed E-state index contributed by atoms with van der Waals surface area (Å²) < 4.78 is 0. The van der Waals surface area contributed by atoms with E-state index in [0.29, 0.717) is 6.54 Å². The van der Waals surface area contributed by atoms with E-state index in [9.17, 15) is 14.7 Å². The van der Waals surface area contributed by atoms with Crippen molar-refractivity contribution in [3.05, 3.63) is 0 Å². The summed E-state index contributed by atoms with van der Waals surface area (Å²) in [4.78, 5) is 28.5. The summed E-state index contributed by atoms with van der Waals surface area (Å²) in [6, 6.07) is -0.00277. The lowest BCUT2D eigenvalue weighted by Gasteiger charge is -2.35. The lowest BCUT2D eigenvalue weighted by Crippen LogP contribution is -2.48. The molecule has 1 saturated carbocycles. The number of piperidine rings is 1. The third-order valence-corrected chi connectivity index (χ3v) is 4.88. The minimum Gasteiger partial charge on any atom is -0.394 e. The lowest BCUT2D eigenvalue weighted by atomic mass is 9.95. The maximum absolute atomic E-state index is 12.6. The molecule has 0 aromatic heterocycles. The van der Waals surface area contributed by atoms with Crippen LogP contribution in [0.2, 0.25) is 0 Å². The molecule has 0 radical (unpaired) electrons. The van der Waals surface area contributed by atoms with E-state index in [1.54, 1.807) is 0 Å². The van der Waals surface area contributed by atoms with Crippen LogP contribution in [0.25, 0.3) is 0 Å². The fraction of sp³-hybridized carbons (Fsp3) is 0.867. The molecule has 20 heavy (non-hydrogen) atoms. The number of likely N-dealkylation sites (tertiary alicyclic amines) is 2. The number of amides is 2. The largest absolute Gasteiger partial charge is 0.394 e. The second-order valence-electron chi connectivity index (χ2n) is 6.41. The molecule has 2 amide bonds. The Morgan fingerprint density at radius 3 is 2.40 bits per heavy atom. The molecule has 2 aliphatic heterocycles. The van der Waals surface area contributed by atoms with Crippen molar-refractivity contribution in [2.75, 3.05) is 26.2 Å². The van der Waals surface area contributed by atoms with Gasteiger partial charge in [-0.3, -0.25) is 9.59 Å². The van der Waals surface area contributed by atoms with E-state index in [1.165, 1.54) is 0 Å². The Labute approximate surface area is 119 Å². The summed E-state index contributed by atoms with van der Waals surface area (Å²) in [7, 11) is 0. The van der Waals surface area contributed by atoms with E-state index in [4.69, 9.17) is 0 Å². The van der Waals surface area contributed by atoms with Crippen LogP contribution in [-0.2, 0) is 9.59 Å². The Balaban J connectivity index is 1.61. The molecular formula is C15H24N2O3. The zero-order valence-electron chi connectivity index (χ0n) is 12.0. The molecule has 112 valence electrons. The van der Waals surface area contributed by atoms with Gasteiger partial charge in [0.05, 0.1) is 18.6 Å². The monoisotopic (exact) mass is 280 g/mol. The van der Waals surface area contributed by atoms with Crippen LogP contribution in [0.1, 0.15) is 38.5 Å². The first-order valence-electron chi connectivity index (χ1n) is 7.91. The Kier molecular flexibility index (Phi) is 3.96. The van der Waals surface area contributed by atoms with Crippen molar-refractivity contribution in [2.24, 2.45) is 11.8 Å². The lowest BCUT2D eigenvalue weighted by molar-refractivity contribution is -0.142. The molecule has 2 saturated heterocycles. The molecule has 0 bridgehead atoms. The zero-order chi connectivity index (χ0) is 14.1. The van der Waals surface area contributed by atoms with Gasteiger partial charge in [-0.25, -0.2) is 0 Å². The van der Waals surface area contributed by atoms with Crippen molar-refractivity contribution >= 4 is 11.8 Å². The highest BCUT2D eigenvalue weighted by atomic mass is 16.3. The predicted molar refractivity (Wildman–Crippen MR) is 73.8 cm³/mol. The molecule has 3 rings (SSSR count). The quantitative estimate of drug-likeness (QED) is 0.824. The van der Waals surface area contributed by atoms with Crippen LogP contribution >= 0.6 is 0 Å². The van der Waals surface area contributed by atoms with E-state index in [2.05, 4.69) is 0 Å². The van der Waals surface area contributed by atoms with Crippen molar-refractivity contribution in [1.29, 1.82) is 0 Å². The van der Waals surface area contributed by atoms with Gasteiger partial charge in [0.2, 0.25) is 11.8 Å². The van der Waals surface area contributed by atoms with Crippen LogP contribution in [0.4, 0.5) is 0 Å². The predicted octanol–water partition coefficient (Wildman–Crippen LogP) is 0.618. The summed E-state index contributed by atoms with van der Waals surface area (Å²) in [6.07, 6.45) is 5.72. The molecule has 3 fully saturated rings. The van der Waals surface area contributed by atoms with Crippen molar-refractivity contribution in [2.45, 2.75) is 44.6 Å². The highest BCUT2D eigenvalue weighted by Gasteiger charge is 2.39. The van der Waals surface area contributed by atoms with Gasteiger partial charge in [-0.15, -0.1) is 0 Å². The van der Waals surface area contributed by atoms with Gasteiger partial charge in [0.15, 0.2) is 0 Å². The minimum absolute atomic E-state index is 0.00277. The molecule has 0 aromatic rings. The number of rotatable bonds is 3. The van der Waals surface area contributed by atoms with Gasteiger partial charge in [-0.05, 0) is 38.5 Å². The van der Waals surface area contributed by atoms with Crippen molar-refractivity contribution in [3.63, 3.8) is 0 Å². The molecule has 5 heteroatoms. The number of aliphatic hydroxyl groups is 1. The SMILES string of the molecule is O=C(C1CC1)N1CCCC(C(=O)N2CCCC2CO)C1. The normalized spacial score (nSPS) is 30.6. The summed E-state index contributed by atoms with van der Waals surface area (Å²) in [5, 5.41) is 9.35. The Morgan fingerprint density at radius 1 is 0.950 bits per heavy atom. The first-order valence-corrected chi connectivity index (χ1v) is 7.91. The fourth-order valence-electron chi connectivity index (χ4n) is 3.52. The first-order chi connectivity index (χ1) is 9.70. The maximum atomic E-state index is 12.6. The Bertz CT molecular complexity index is 395. The number of nitrogens with zero attached hydrogens (tertiary/aromatic N) is 2. The van der Waals surface area contributed by atoms with E-state index in [0.717, 1.165) is 51.6 Å². The number of carbonyl (C=O) groups is 2. The third-order valence-electron chi connectivity index (χ3n) is 4.88. The molecule has 5 nitrogen and oxygen atoms in total. The molecule has 1 aliphatic carbocycles. The average molecular weight is 280 g/mol. The zero-order valence-corrected chi connectivity index (χ0v) is 12.0. The van der Waals surface area contributed by atoms with Gasteiger partial charge in [-0.2, -0.15) is 0 Å². The van der Waals surface area contributed by atoms with Crippen LogP contribution in [-0.4, -0.2) is 59.0 Å². The third kappa shape index (κ3) is 2.68. The minimum atomic E-state index is -0.0569. The fourth-order valence-corrected chi connectivity index (χ4v) is 3.52. The van der Waals surface area contributed by atoms with Crippen LogP contribution in [0, 0.1) is 11.8 Å². The second-order valence-corrected chi connectivity index (χ2v) is 6.41. The smallest absolute Gasteiger partial charge is 0.227 e. The Morgan fingerprint density at radius 2 is 1.70 bits per heavy atom. The number of hydrogen-bond donors (Lipinski definition) is 1. The van der Waals surface area contributed by atoms with Gasteiger partial charge in [0, 0.05) is 25.6 Å². The molecule has 2 atom stereocenters. The van der Waals surface area contributed by atoms with Gasteiger partial charge in [-0.1, -0.05) is 0 Å². The molecule has 0 spiro atoms. The van der Waals surface area contributed by atoms with Crippen molar-refractivity contribution < 1.29 is 14.7 Å². The van der Waals surface area contributed by atoms with Gasteiger partial charge in [0.25, 0.3) is 0 Å². The van der Waals surface area contributed by atoms with E-state index in [-0.39, 0.29) is 36.3 Å². The molecular weight excluding hydrogens is 256 g/mol. The number of hydrogen-bond acceptors (Lipinski definition) is 3. The van der Waals surface area contributed by atoms with Gasteiger partial charge in [0.1, 0.15) is 0 Å². The summed E-state index contributed by atoms with van der Waals surface area (Å²) in [6.45, 7) is 2.21. The molecule has 2 heterocycles. The van der Waals surface area contributed by atoms with Gasteiger partial charge < -0.3 is 14.9 Å². The summed E-state index contributed by atoms with van der Waals surface area (Å²) in [5.41, 5.74) is 0. The highest BCUT2D eigenvalue weighted by Crippen LogP contribution is 2.33. The number of aliphatic hydroxyl groups excluding tert-OH is 1. The Hall–Kier alpha value is -1.10.